The smallest absolute Gasteiger partial charge is 0.429 e. The number of fused-ring (bicyclic) bond motifs is 2. The van der Waals surface area contributed by atoms with Gasteiger partial charge >= 0.3 is 6.16 Å². The number of carbonyl (C=O) groups excluding carboxylic acids is 1. The summed E-state index contributed by atoms with van der Waals surface area (Å²) < 4.78 is 10.7. The van der Waals surface area contributed by atoms with E-state index >= 15 is 0 Å². The normalized spacial score (nSPS) is 36.5. The third-order valence-electron chi connectivity index (χ3n) is 3.33. The van der Waals surface area contributed by atoms with Crippen molar-refractivity contribution in [1.29, 1.82) is 0 Å². The molecule has 0 heterocycles. The number of ether oxygens (including phenoxy) is 2. The number of carbonyl (C=O) groups is 1. The first kappa shape index (κ1) is 11.5. The lowest BCUT2D eigenvalue weighted by Gasteiger charge is -2.32. The average Bonchev–Trinajstić information content (AvgIpc) is 2.57. The van der Waals surface area contributed by atoms with E-state index in [0.717, 1.165) is 12.8 Å². The van der Waals surface area contributed by atoms with Crippen LogP contribution in [0.25, 0.3) is 0 Å². The highest BCUT2D eigenvalue weighted by Crippen LogP contribution is 2.48. The molecule has 0 N–H and O–H groups in total. The lowest BCUT2D eigenvalue weighted by atomic mass is 9.90. The second-order valence-corrected chi connectivity index (χ2v) is 6.07. The zero-order valence-electron chi connectivity index (χ0n) is 10.4. The van der Waals surface area contributed by atoms with Gasteiger partial charge in [-0.2, -0.15) is 0 Å². The van der Waals surface area contributed by atoms with Crippen molar-refractivity contribution in [1.82, 2.24) is 0 Å². The van der Waals surface area contributed by atoms with E-state index in [1.807, 2.05) is 27.7 Å². The molecule has 0 amide bonds. The minimum Gasteiger partial charge on any atom is -0.429 e. The lowest BCUT2D eigenvalue weighted by molar-refractivity contribution is -0.0687. The Morgan fingerprint density at radius 1 is 1.38 bits per heavy atom. The molecular weight excluding hydrogens is 204 g/mol. The van der Waals surface area contributed by atoms with Crippen molar-refractivity contribution in [3.8, 4) is 0 Å². The van der Waals surface area contributed by atoms with Gasteiger partial charge in [-0.25, -0.2) is 4.79 Å². The van der Waals surface area contributed by atoms with Crippen LogP contribution in [0.15, 0.2) is 12.2 Å². The first-order valence-corrected chi connectivity index (χ1v) is 5.89. The number of hydrogen-bond donors (Lipinski definition) is 0. The molecule has 3 unspecified atom stereocenters. The highest BCUT2D eigenvalue weighted by molar-refractivity contribution is 5.61. The maximum Gasteiger partial charge on any atom is 0.509 e. The first-order chi connectivity index (χ1) is 7.28. The molecule has 2 aliphatic carbocycles. The molecule has 0 spiro atoms. The van der Waals surface area contributed by atoms with Crippen molar-refractivity contribution >= 4 is 6.16 Å². The van der Waals surface area contributed by atoms with E-state index in [0.29, 0.717) is 11.8 Å². The summed E-state index contributed by atoms with van der Waals surface area (Å²) in [5.41, 5.74) is -0.845. The van der Waals surface area contributed by atoms with Gasteiger partial charge in [0.1, 0.15) is 11.2 Å². The third kappa shape index (κ3) is 2.23. The third-order valence-corrected chi connectivity index (χ3v) is 3.33. The highest BCUT2D eigenvalue weighted by Gasteiger charge is 2.48. The molecule has 1 saturated carbocycles. The van der Waals surface area contributed by atoms with Gasteiger partial charge < -0.3 is 9.47 Å². The second-order valence-electron chi connectivity index (χ2n) is 6.07. The molecule has 0 aromatic rings. The van der Waals surface area contributed by atoms with Crippen molar-refractivity contribution < 1.29 is 14.3 Å². The molecule has 3 atom stereocenters. The Morgan fingerprint density at radius 3 is 2.50 bits per heavy atom. The Morgan fingerprint density at radius 2 is 2.06 bits per heavy atom. The molecule has 16 heavy (non-hydrogen) atoms. The Labute approximate surface area is 96.8 Å². The standard InChI is InChI=1S/C13H20O3/c1-12(2,3)15-11(14)16-13(4)8-9-5-6-10(13)7-9/h5-6,9-10H,7-8H2,1-4H3. The SMILES string of the molecule is CC(C)(C)OC(=O)OC1(C)CC2C=CC1C2. The Balaban J connectivity index is 1.95. The summed E-state index contributed by atoms with van der Waals surface area (Å²) in [6, 6.07) is 0. The summed E-state index contributed by atoms with van der Waals surface area (Å²) in [6.45, 7) is 7.54. The van der Waals surface area contributed by atoms with Gasteiger partial charge in [0.25, 0.3) is 0 Å². The van der Waals surface area contributed by atoms with Gasteiger partial charge in [-0.3, -0.25) is 0 Å². The van der Waals surface area contributed by atoms with Gasteiger partial charge in [0.05, 0.1) is 0 Å². The van der Waals surface area contributed by atoms with Crippen LogP contribution in [0.2, 0.25) is 0 Å². The van der Waals surface area contributed by atoms with E-state index in [2.05, 4.69) is 12.2 Å². The summed E-state index contributed by atoms with van der Waals surface area (Å²) in [5, 5.41) is 0. The van der Waals surface area contributed by atoms with Crippen LogP contribution in [0, 0.1) is 11.8 Å². The molecule has 3 heteroatoms. The molecule has 0 saturated heterocycles. The van der Waals surface area contributed by atoms with Crippen molar-refractivity contribution in [2.45, 2.75) is 51.7 Å². The van der Waals surface area contributed by atoms with E-state index < -0.39 is 11.8 Å². The van der Waals surface area contributed by atoms with Gasteiger partial charge in [0.15, 0.2) is 0 Å². The number of rotatable bonds is 1. The fraction of sp³-hybridized carbons (Fsp3) is 0.769. The fourth-order valence-corrected chi connectivity index (χ4v) is 2.63. The van der Waals surface area contributed by atoms with Crippen LogP contribution in [0.1, 0.15) is 40.5 Å². The van der Waals surface area contributed by atoms with Crippen LogP contribution in [-0.2, 0) is 9.47 Å². The number of hydrogen-bond acceptors (Lipinski definition) is 3. The van der Waals surface area contributed by atoms with E-state index in [9.17, 15) is 4.79 Å². The molecule has 2 rings (SSSR count). The predicted molar refractivity (Wildman–Crippen MR) is 61.1 cm³/mol. The molecule has 3 nitrogen and oxygen atoms in total. The summed E-state index contributed by atoms with van der Waals surface area (Å²) in [7, 11) is 0. The van der Waals surface area contributed by atoms with Gasteiger partial charge in [0, 0.05) is 5.92 Å². The van der Waals surface area contributed by atoms with Crippen LogP contribution < -0.4 is 0 Å². The average molecular weight is 224 g/mol. The van der Waals surface area contributed by atoms with E-state index in [-0.39, 0.29) is 5.60 Å². The van der Waals surface area contributed by atoms with E-state index in [1.54, 1.807) is 0 Å². The zero-order valence-corrected chi connectivity index (χ0v) is 10.4. The highest BCUT2D eigenvalue weighted by atomic mass is 16.7. The Hall–Kier alpha value is -0.990. The lowest BCUT2D eigenvalue weighted by Crippen LogP contribution is -2.38. The maximum absolute atomic E-state index is 11.6. The van der Waals surface area contributed by atoms with Crippen LogP contribution in [0.3, 0.4) is 0 Å². The topological polar surface area (TPSA) is 35.5 Å². The molecule has 0 radical (unpaired) electrons. The summed E-state index contributed by atoms with van der Waals surface area (Å²) in [4.78, 5) is 11.6. The van der Waals surface area contributed by atoms with E-state index in [1.165, 1.54) is 0 Å². The van der Waals surface area contributed by atoms with Gasteiger partial charge in [-0.05, 0) is 46.5 Å². The molecule has 1 fully saturated rings. The minimum atomic E-state index is -0.545. The van der Waals surface area contributed by atoms with Crippen LogP contribution in [-0.4, -0.2) is 17.4 Å². The molecule has 2 aliphatic rings. The number of allylic oxidation sites excluding steroid dienone is 1. The van der Waals surface area contributed by atoms with Crippen LogP contribution in [0.5, 0.6) is 0 Å². The molecule has 0 aliphatic heterocycles. The Bertz CT molecular complexity index is 327. The maximum atomic E-state index is 11.6. The molecular formula is C13H20O3. The monoisotopic (exact) mass is 224 g/mol. The van der Waals surface area contributed by atoms with E-state index in [4.69, 9.17) is 9.47 Å². The summed E-state index contributed by atoms with van der Waals surface area (Å²) >= 11 is 0. The predicted octanol–water partition coefficient (Wildman–Crippen LogP) is 3.29. The molecule has 0 aromatic heterocycles. The van der Waals surface area contributed by atoms with Crippen molar-refractivity contribution in [3.05, 3.63) is 12.2 Å². The van der Waals surface area contributed by atoms with Crippen molar-refractivity contribution in [2.24, 2.45) is 11.8 Å². The zero-order chi connectivity index (χ0) is 12.0. The Kier molecular flexibility index (Phi) is 2.52. The summed E-state index contributed by atoms with van der Waals surface area (Å²) in [5.74, 6) is 0.947. The second kappa shape index (κ2) is 3.51. The fourth-order valence-electron chi connectivity index (χ4n) is 2.63. The van der Waals surface area contributed by atoms with Gasteiger partial charge in [-0.1, -0.05) is 12.2 Å². The largest absolute Gasteiger partial charge is 0.509 e. The minimum absolute atomic E-state index is 0.359. The van der Waals surface area contributed by atoms with Crippen molar-refractivity contribution in [2.75, 3.05) is 0 Å². The molecule has 2 bridgehead atoms. The van der Waals surface area contributed by atoms with Crippen molar-refractivity contribution in [3.63, 3.8) is 0 Å². The first-order valence-electron chi connectivity index (χ1n) is 5.89. The van der Waals surface area contributed by atoms with Gasteiger partial charge in [0.2, 0.25) is 0 Å². The molecule has 0 aromatic carbocycles. The van der Waals surface area contributed by atoms with Gasteiger partial charge in [-0.15, -0.1) is 0 Å². The quantitative estimate of drug-likeness (QED) is 0.506. The van der Waals surface area contributed by atoms with Crippen LogP contribution >= 0.6 is 0 Å². The molecule has 90 valence electrons. The summed E-state index contributed by atoms with van der Waals surface area (Å²) in [6.07, 6.45) is 5.88. The van der Waals surface area contributed by atoms with Crippen LogP contribution in [0.4, 0.5) is 4.79 Å².